The molecule has 2 aliphatic heterocycles. The van der Waals surface area contributed by atoms with E-state index in [0.717, 1.165) is 19.3 Å². The molecule has 3 rings (SSSR count). The van der Waals surface area contributed by atoms with Gasteiger partial charge < -0.3 is 15.2 Å². The van der Waals surface area contributed by atoms with Crippen LogP contribution in [0, 0.1) is 11.8 Å². The molecule has 2 saturated heterocycles. The van der Waals surface area contributed by atoms with Gasteiger partial charge in [-0.1, -0.05) is 19.1 Å². The van der Waals surface area contributed by atoms with Gasteiger partial charge in [-0.05, 0) is 32.6 Å². The van der Waals surface area contributed by atoms with Gasteiger partial charge in [-0.25, -0.2) is 4.79 Å². The molecule has 0 bridgehead atoms. The molecule has 2 heterocycles. The van der Waals surface area contributed by atoms with Crippen LogP contribution in [-0.4, -0.2) is 34.2 Å². The maximum atomic E-state index is 12.1. The van der Waals surface area contributed by atoms with Crippen LogP contribution in [0.4, 0.5) is 0 Å². The highest BCUT2D eigenvalue weighted by Crippen LogP contribution is 2.53. The fourth-order valence-electron chi connectivity index (χ4n) is 4.05. The number of allylic oxidation sites excluding steroid dienone is 1. The maximum Gasteiger partial charge on any atom is 0.339 e. The van der Waals surface area contributed by atoms with Gasteiger partial charge in [0.05, 0.1) is 12.0 Å². The Balaban J connectivity index is 1.97. The molecule has 110 valence electrons. The molecule has 0 spiro atoms. The lowest BCUT2D eigenvalue weighted by Crippen LogP contribution is -2.80. The summed E-state index contributed by atoms with van der Waals surface area (Å²) in [5.41, 5.74) is -2.20. The Morgan fingerprint density at radius 2 is 2.30 bits per heavy atom. The lowest BCUT2D eigenvalue weighted by molar-refractivity contribution is -0.238. The minimum absolute atomic E-state index is 0.105. The van der Waals surface area contributed by atoms with Gasteiger partial charge in [0.25, 0.3) is 0 Å². The molecule has 5 nitrogen and oxygen atoms in total. The Morgan fingerprint density at radius 1 is 1.55 bits per heavy atom. The Bertz CT molecular complexity index is 488. The first-order chi connectivity index (χ1) is 9.47. The first kappa shape index (κ1) is 13.6. The fraction of sp³-hybridized carbons (Fsp3) is 0.733. The van der Waals surface area contributed by atoms with E-state index in [0.29, 0.717) is 6.42 Å². The molecule has 0 aromatic carbocycles. The summed E-state index contributed by atoms with van der Waals surface area (Å²) in [6.45, 7) is 3.65. The average Bonchev–Trinajstić information content (AvgIpc) is 2.62. The summed E-state index contributed by atoms with van der Waals surface area (Å²) < 4.78 is 5.33. The van der Waals surface area contributed by atoms with Gasteiger partial charge in [0, 0.05) is 5.92 Å². The number of fused-ring (bicyclic) bond motifs is 1. The topological polar surface area (TPSA) is 75.6 Å². The monoisotopic (exact) mass is 279 g/mol. The Morgan fingerprint density at radius 3 is 2.85 bits per heavy atom. The molecule has 1 aliphatic carbocycles. The second kappa shape index (κ2) is 4.32. The van der Waals surface area contributed by atoms with Crippen molar-refractivity contribution in [3.8, 4) is 0 Å². The number of hydrogen-bond acceptors (Lipinski definition) is 4. The molecule has 0 aromatic heterocycles. The predicted molar refractivity (Wildman–Crippen MR) is 71.6 cm³/mol. The quantitative estimate of drug-likeness (QED) is 0.595. The van der Waals surface area contributed by atoms with Crippen molar-refractivity contribution in [1.82, 2.24) is 5.32 Å². The molecule has 0 radical (unpaired) electrons. The van der Waals surface area contributed by atoms with E-state index in [9.17, 15) is 14.7 Å². The molecule has 0 unspecified atom stereocenters. The minimum atomic E-state index is -1.27. The van der Waals surface area contributed by atoms with E-state index in [-0.39, 0.29) is 17.7 Å². The summed E-state index contributed by atoms with van der Waals surface area (Å²) in [5, 5.41) is 13.5. The number of carbonyl (C=O) groups is 2. The molecule has 0 saturated carbocycles. The molecule has 5 heteroatoms. The summed E-state index contributed by atoms with van der Waals surface area (Å²) in [7, 11) is 0. The molecule has 3 aliphatic rings. The van der Waals surface area contributed by atoms with Gasteiger partial charge in [0.2, 0.25) is 11.4 Å². The number of nitrogens with one attached hydrogen (secondary N) is 1. The number of amides is 1. The van der Waals surface area contributed by atoms with E-state index in [1.54, 1.807) is 6.92 Å². The van der Waals surface area contributed by atoms with Gasteiger partial charge in [0.15, 0.2) is 5.60 Å². The van der Waals surface area contributed by atoms with Crippen LogP contribution < -0.4 is 5.32 Å². The molecule has 5 atom stereocenters. The van der Waals surface area contributed by atoms with Crippen LogP contribution in [0.2, 0.25) is 0 Å². The fourth-order valence-corrected chi connectivity index (χ4v) is 4.05. The standard InChI is InChI=1S/C15H21NO4/c1-3-10-12(18)16-15(13(19)20-14(10,15)2)11(17)9-7-5-4-6-8-9/h5,7,9-11,17H,3-4,6,8H2,1-2H3,(H,16,18)/t9-,10-,11+,14+,15+/m1/s1. The van der Waals surface area contributed by atoms with Crippen LogP contribution in [0.1, 0.15) is 39.5 Å². The average molecular weight is 279 g/mol. The third-order valence-electron chi connectivity index (χ3n) is 5.26. The van der Waals surface area contributed by atoms with Crippen LogP contribution in [0.5, 0.6) is 0 Å². The van der Waals surface area contributed by atoms with Crippen molar-refractivity contribution in [2.45, 2.75) is 56.8 Å². The number of aliphatic hydroxyl groups excluding tert-OH is 1. The third kappa shape index (κ3) is 1.41. The van der Waals surface area contributed by atoms with E-state index < -0.39 is 23.2 Å². The number of ether oxygens (including phenoxy) is 1. The van der Waals surface area contributed by atoms with Crippen molar-refractivity contribution < 1.29 is 19.4 Å². The number of hydrogen-bond donors (Lipinski definition) is 2. The smallest absolute Gasteiger partial charge is 0.339 e. The summed E-state index contributed by atoms with van der Waals surface area (Å²) in [4.78, 5) is 24.2. The van der Waals surface area contributed by atoms with Crippen LogP contribution in [0.3, 0.4) is 0 Å². The summed E-state index contributed by atoms with van der Waals surface area (Å²) in [6.07, 6.45) is 6.47. The van der Waals surface area contributed by atoms with Crippen molar-refractivity contribution in [2.24, 2.45) is 11.8 Å². The molecule has 20 heavy (non-hydrogen) atoms. The normalized spacial score (nSPS) is 44.4. The van der Waals surface area contributed by atoms with Gasteiger partial charge in [0.1, 0.15) is 0 Å². The van der Waals surface area contributed by atoms with Crippen molar-refractivity contribution in [3.63, 3.8) is 0 Å². The van der Waals surface area contributed by atoms with Crippen LogP contribution in [0.15, 0.2) is 12.2 Å². The SMILES string of the molecule is CC[C@@H]1C(=O)N[C@@]2([C@@H](O)[C@@H]3C=CCCC3)C(=O)O[C@@]12C. The van der Waals surface area contributed by atoms with E-state index >= 15 is 0 Å². The lowest BCUT2D eigenvalue weighted by atomic mass is 9.64. The molecule has 1 amide bonds. The predicted octanol–water partition coefficient (Wildman–Crippen LogP) is 0.914. The largest absolute Gasteiger partial charge is 0.453 e. The maximum absolute atomic E-state index is 12.1. The first-order valence-corrected chi connectivity index (χ1v) is 7.37. The molecule has 0 aromatic rings. The molecule has 2 N–H and O–H groups in total. The Labute approximate surface area is 118 Å². The number of carbonyl (C=O) groups excluding carboxylic acids is 2. The van der Waals surface area contributed by atoms with Crippen molar-refractivity contribution >= 4 is 11.9 Å². The van der Waals surface area contributed by atoms with Crippen molar-refractivity contribution in [2.75, 3.05) is 0 Å². The Kier molecular flexibility index (Phi) is 2.94. The number of aliphatic hydroxyl groups is 1. The summed E-state index contributed by atoms with van der Waals surface area (Å²) >= 11 is 0. The van der Waals surface area contributed by atoms with Crippen LogP contribution in [-0.2, 0) is 14.3 Å². The Hall–Kier alpha value is -1.36. The lowest BCUT2D eigenvalue weighted by Gasteiger charge is -2.54. The van der Waals surface area contributed by atoms with E-state index in [4.69, 9.17) is 4.74 Å². The van der Waals surface area contributed by atoms with Crippen LogP contribution in [0.25, 0.3) is 0 Å². The zero-order valence-corrected chi connectivity index (χ0v) is 11.9. The van der Waals surface area contributed by atoms with Gasteiger partial charge in [-0.2, -0.15) is 0 Å². The van der Waals surface area contributed by atoms with Gasteiger partial charge in [-0.3, -0.25) is 4.79 Å². The first-order valence-electron chi connectivity index (χ1n) is 7.37. The second-order valence-corrected chi connectivity index (χ2v) is 6.22. The minimum Gasteiger partial charge on any atom is -0.453 e. The van der Waals surface area contributed by atoms with E-state index in [1.165, 1.54) is 0 Å². The van der Waals surface area contributed by atoms with Crippen molar-refractivity contribution in [1.29, 1.82) is 0 Å². The van der Waals surface area contributed by atoms with Gasteiger partial charge in [-0.15, -0.1) is 0 Å². The molecule has 2 fully saturated rings. The highest BCUT2D eigenvalue weighted by molar-refractivity contribution is 6.01. The van der Waals surface area contributed by atoms with Gasteiger partial charge >= 0.3 is 5.97 Å². The zero-order chi connectivity index (χ0) is 14.5. The summed E-state index contributed by atoms with van der Waals surface area (Å²) in [6, 6.07) is 0. The highest BCUT2D eigenvalue weighted by atomic mass is 16.6. The molecular weight excluding hydrogens is 258 g/mol. The third-order valence-corrected chi connectivity index (χ3v) is 5.26. The van der Waals surface area contributed by atoms with Crippen molar-refractivity contribution in [3.05, 3.63) is 12.2 Å². The summed E-state index contributed by atoms with van der Waals surface area (Å²) in [5.74, 6) is -1.19. The molecular formula is C15H21NO4. The van der Waals surface area contributed by atoms with E-state index in [1.807, 2.05) is 19.1 Å². The highest BCUT2D eigenvalue weighted by Gasteiger charge is 2.79. The second-order valence-electron chi connectivity index (χ2n) is 6.22. The number of rotatable bonds is 3. The zero-order valence-electron chi connectivity index (χ0n) is 11.9. The van der Waals surface area contributed by atoms with E-state index in [2.05, 4.69) is 5.32 Å². The van der Waals surface area contributed by atoms with Crippen LogP contribution >= 0.6 is 0 Å². The number of esters is 1.